The molecule has 0 atom stereocenters. The molecule has 0 radical (unpaired) electrons. The highest BCUT2D eigenvalue weighted by Crippen LogP contribution is 2.35. The molecule has 0 unspecified atom stereocenters. The largest absolute Gasteiger partial charge is 0.416 e. The van der Waals surface area contributed by atoms with Crippen LogP contribution in [0.4, 0.5) is 24.5 Å². The van der Waals surface area contributed by atoms with Gasteiger partial charge in [-0.2, -0.15) is 13.2 Å². The van der Waals surface area contributed by atoms with Gasteiger partial charge in [0.15, 0.2) is 0 Å². The molecule has 2 aromatic carbocycles. The zero-order valence-corrected chi connectivity index (χ0v) is 12.4. The molecule has 1 heterocycles. The molecule has 116 valence electrons. The van der Waals surface area contributed by atoms with Gasteiger partial charge in [0, 0.05) is 18.8 Å². The Kier molecular flexibility index (Phi) is 3.68. The standard InChI is InChI=1S/C16H14ClF3N2/c17-14-8-13(21)3-4-15(14)22-6-5-10-1-2-12(16(18,19)20)7-11(10)9-22/h1-4,7-8H,5-6,9,21H2. The second kappa shape index (κ2) is 5.39. The number of anilines is 2. The Morgan fingerprint density at radius 3 is 2.50 bits per heavy atom. The van der Waals surface area contributed by atoms with Gasteiger partial charge in [0.25, 0.3) is 0 Å². The number of nitrogen functional groups attached to an aromatic ring is 1. The van der Waals surface area contributed by atoms with Crippen molar-refractivity contribution in [1.29, 1.82) is 0 Å². The quantitative estimate of drug-likeness (QED) is 0.782. The van der Waals surface area contributed by atoms with E-state index in [-0.39, 0.29) is 0 Å². The second-order valence-electron chi connectivity index (χ2n) is 5.36. The third kappa shape index (κ3) is 2.86. The van der Waals surface area contributed by atoms with Crippen LogP contribution in [0.15, 0.2) is 36.4 Å². The van der Waals surface area contributed by atoms with Crippen LogP contribution in [0, 0.1) is 0 Å². The van der Waals surface area contributed by atoms with Crippen molar-refractivity contribution in [3.05, 3.63) is 58.1 Å². The predicted octanol–water partition coefficient (Wildman–Crippen LogP) is 4.50. The van der Waals surface area contributed by atoms with Crippen LogP contribution in [-0.4, -0.2) is 6.54 Å². The van der Waals surface area contributed by atoms with Crippen molar-refractivity contribution in [1.82, 2.24) is 0 Å². The van der Waals surface area contributed by atoms with Gasteiger partial charge in [-0.1, -0.05) is 17.7 Å². The molecule has 2 nitrogen and oxygen atoms in total. The third-order valence-corrected chi connectivity index (χ3v) is 4.16. The number of halogens is 4. The zero-order chi connectivity index (χ0) is 15.9. The van der Waals surface area contributed by atoms with Gasteiger partial charge in [-0.05, 0) is 47.9 Å². The van der Waals surface area contributed by atoms with Gasteiger partial charge in [-0.15, -0.1) is 0 Å². The predicted molar refractivity (Wildman–Crippen MR) is 82.1 cm³/mol. The molecule has 0 aliphatic carbocycles. The van der Waals surface area contributed by atoms with Crippen LogP contribution in [0.1, 0.15) is 16.7 Å². The van der Waals surface area contributed by atoms with Crippen LogP contribution in [0.25, 0.3) is 0 Å². The van der Waals surface area contributed by atoms with Gasteiger partial charge in [-0.25, -0.2) is 0 Å². The highest BCUT2D eigenvalue weighted by molar-refractivity contribution is 6.33. The lowest BCUT2D eigenvalue weighted by Crippen LogP contribution is -2.30. The van der Waals surface area contributed by atoms with E-state index >= 15 is 0 Å². The maximum absolute atomic E-state index is 12.8. The summed E-state index contributed by atoms with van der Waals surface area (Å²) in [5.41, 5.74) is 8.05. The molecule has 0 bridgehead atoms. The molecule has 0 saturated carbocycles. The summed E-state index contributed by atoms with van der Waals surface area (Å²) in [5.74, 6) is 0. The fourth-order valence-corrected chi connectivity index (χ4v) is 3.03. The van der Waals surface area contributed by atoms with Crippen molar-refractivity contribution in [2.45, 2.75) is 19.1 Å². The number of nitrogens with zero attached hydrogens (tertiary/aromatic N) is 1. The van der Waals surface area contributed by atoms with Gasteiger partial charge in [-0.3, -0.25) is 0 Å². The average molecular weight is 327 g/mol. The SMILES string of the molecule is Nc1ccc(N2CCc3ccc(C(F)(F)F)cc3C2)c(Cl)c1. The fraction of sp³-hybridized carbons (Fsp3) is 0.250. The number of rotatable bonds is 1. The molecule has 3 rings (SSSR count). The van der Waals surface area contributed by atoms with E-state index < -0.39 is 11.7 Å². The first kappa shape index (κ1) is 15.0. The maximum atomic E-state index is 12.8. The monoisotopic (exact) mass is 326 g/mol. The van der Waals surface area contributed by atoms with E-state index in [1.165, 1.54) is 6.07 Å². The Hall–Kier alpha value is -1.88. The minimum atomic E-state index is -4.32. The van der Waals surface area contributed by atoms with Gasteiger partial charge in [0.05, 0.1) is 16.3 Å². The fourth-order valence-electron chi connectivity index (χ4n) is 2.72. The molecule has 6 heteroatoms. The van der Waals surface area contributed by atoms with E-state index in [1.807, 2.05) is 4.90 Å². The number of fused-ring (bicyclic) bond motifs is 1. The van der Waals surface area contributed by atoms with Crippen LogP contribution >= 0.6 is 11.6 Å². The molecule has 0 saturated heterocycles. The van der Waals surface area contributed by atoms with Crippen LogP contribution < -0.4 is 10.6 Å². The first-order valence-electron chi connectivity index (χ1n) is 6.83. The number of hydrogen-bond donors (Lipinski definition) is 1. The summed E-state index contributed by atoms with van der Waals surface area (Å²) in [6, 6.07) is 9.13. The zero-order valence-electron chi connectivity index (χ0n) is 11.6. The first-order valence-corrected chi connectivity index (χ1v) is 7.21. The summed E-state index contributed by atoms with van der Waals surface area (Å²) >= 11 is 6.19. The van der Waals surface area contributed by atoms with Crippen molar-refractivity contribution in [2.75, 3.05) is 17.2 Å². The molecule has 0 fully saturated rings. The topological polar surface area (TPSA) is 29.3 Å². The molecule has 1 aliphatic rings. The van der Waals surface area contributed by atoms with Gasteiger partial charge in [0.1, 0.15) is 0 Å². The van der Waals surface area contributed by atoms with Crippen molar-refractivity contribution >= 4 is 23.0 Å². The third-order valence-electron chi connectivity index (χ3n) is 3.86. The van der Waals surface area contributed by atoms with Crippen LogP contribution in [0.3, 0.4) is 0 Å². The molecular formula is C16H14ClF3N2. The highest BCUT2D eigenvalue weighted by Gasteiger charge is 2.31. The molecule has 1 aliphatic heterocycles. The van der Waals surface area contributed by atoms with E-state index in [4.69, 9.17) is 17.3 Å². The Labute approximate surface area is 131 Å². The minimum Gasteiger partial charge on any atom is -0.399 e. The highest BCUT2D eigenvalue weighted by atomic mass is 35.5. The van der Waals surface area contributed by atoms with E-state index in [0.717, 1.165) is 17.3 Å². The van der Waals surface area contributed by atoms with Crippen molar-refractivity contribution in [3.8, 4) is 0 Å². The van der Waals surface area contributed by atoms with Crippen molar-refractivity contribution < 1.29 is 13.2 Å². The Bertz CT molecular complexity index is 713. The first-order chi connectivity index (χ1) is 10.3. The van der Waals surface area contributed by atoms with E-state index in [9.17, 15) is 13.2 Å². The summed E-state index contributed by atoms with van der Waals surface area (Å²) in [6.07, 6.45) is -3.63. The number of benzene rings is 2. The van der Waals surface area contributed by atoms with Crippen LogP contribution in [0.2, 0.25) is 5.02 Å². The minimum absolute atomic E-state index is 0.406. The number of alkyl halides is 3. The van der Waals surface area contributed by atoms with Crippen LogP contribution in [-0.2, 0) is 19.1 Å². The van der Waals surface area contributed by atoms with Crippen molar-refractivity contribution in [3.63, 3.8) is 0 Å². The molecule has 2 aromatic rings. The van der Waals surface area contributed by atoms with E-state index in [1.54, 1.807) is 24.3 Å². The molecule has 22 heavy (non-hydrogen) atoms. The summed E-state index contributed by atoms with van der Waals surface area (Å²) in [4.78, 5) is 1.98. The van der Waals surface area contributed by atoms with Gasteiger partial charge < -0.3 is 10.6 Å². The van der Waals surface area contributed by atoms with Crippen LogP contribution in [0.5, 0.6) is 0 Å². The lowest BCUT2D eigenvalue weighted by atomic mass is 9.96. The maximum Gasteiger partial charge on any atom is 0.416 e. The Balaban J connectivity index is 1.92. The average Bonchev–Trinajstić information content (AvgIpc) is 2.45. The lowest BCUT2D eigenvalue weighted by molar-refractivity contribution is -0.137. The van der Waals surface area contributed by atoms with E-state index in [0.29, 0.717) is 35.8 Å². The number of nitrogens with two attached hydrogens (primary N) is 1. The Morgan fingerprint density at radius 1 is 1.05 bits per heavy atom. The summed E-state index contributed by atoms with van der Waals surface area (Å²) < 4.78 is 38.5. The molecule has 0 amide bonds. The van der Waals surface area contributed by atoms with Gasteiger partial charge in [0.2, 0.25) is 0 Å². The molecular weight excluding hydrogens is 313 g/mol. The Morgan fingerprint density at radius 2 is 1.82 bits per heavy atom. The normalized spacial score (nSPS) is 14.8. The number of hydrogen-bond acceptors (Lipinski definition) is 2. The molecule has 0 aromatic heterocycles. The summed E-state index contributed by atoms with van der Waals surface area (Å²) in [5, 5.41) is 0.510. The second-order valence-corrected chi connectivity index (χ2v) is 5.77. The van der Waals surface area contributed by atoms with E-state index in [2.05, 4.69) is 0 Å². The lowest BCUT2D eigenvalue weighted by Gasteiger charge is -2.32. The summed E-state index contributed by atoms with van der Waals surface area (Å²) in [7, 11) is 0. The van der Waals surface area contributed by atoms with Gasteiger partial charge >= 0.3 is 6.18 Å². The molecule has 0 spiro atoms. The summed E-state index contributed by atoms with van der Waals surface area (Å²) in [6.45, 7) is 1.12. The smallest absolute Gasteiger partial charge is 0.399 e. The molecule has 2 N–H and O–H groups in total. The van der Waals surface area contributed by atoms with Crippen molar-refractivity contribution in [2.24, 2.45) is 0 Å².